The molecule has 3 unspecified atom stereocenters. The quantitative estimate of drug-likeness (QED) is 0.238. The maximum absolute atomic E-state index is 13.3. The van der Waals surface area contributed by atoms with Crippen LogP contribution in [0.5, 0.6) is 0 Å². The zero-order valence-electron chi connectivity index (χ0n) is 17.0. The normalized spacial score (nSPS) is 20.5. The van der Waals surface area contributed by atoms with Gasteiger partial charge in [-0.3, -0.25) is 9.59 Å². The molecule has 3 atom stereocenters. The monoisotopic (exact) mass is 411 g/mol. The highest BCUT2D eigenvalue weighted by Gasteiger charge is 2.46. The first kappa shape index (κ1) is 24.1. The topological polar surface area (TPSA) is 148 Å². The lowest BCUT2D eigenvalue weighted by atomic mass is 9.96. The van der Waals surface area contributed by atoms with E-state index in [1.165, 1.54) is 6.08 Å². The molecule has 0 aromatic rings. The molecule has 0 aromatic carbocycles. The van der Waals surface area contributed by atoms with Crippen molar-refractivity contribution in [1.82, 2.24) is 9.80 Å². The molecule has 10 nitrogen and oxygen atoms in total. The lowest BCUT2D eigenvalue weighted by Crippen LogP contribution is -2.65. The highest BCUT2D eigenvalue weighted by molar-refractivity contribution is 6.00. The Morgan fingerprint density at radius 2 is 1.86 bits per heavy atom. The first-order valence-corrected chi connectivity index (χ1v) is 9.28. The largest absolute Gasteiger partial charge is 0.480 e. The van der Waals surface area contributed by atoms with Crippen LogP contribution in [0.4, 0.5) is 4.79 Å². The van der Waals surface area contributed by atoms with Crippen molar-refractivity contribution in [2.45, 2.75) is 57.7 Å². The van der Waals surface area contributed by atoms with Crippen molar-refractivity contribution >= 4 is 30.2 Å². The van der Waals surface area contributed by atoms with E-state index >= 15 is 0 Å². The predicted molar refractivity (Wildman–Crippen MR) is 104 cm³/mol. The second kappa shape index (κ2) is 10.0. The van der Waals surface area contributed by atoms with Crippen LogP contribution in [-0.4, -0.2) is 80.9 Å². The molecule has 1 rings (SSSR count). The number of ether oxygens (including phenoxy) is 1. The van der Waals surface area contributed by atoms with E-state index in [9.17, 15) is 29.4 Å². The molecule has 162 valence electrons. The SMILES string of the molecule is C=CCC1CN(C(=O)O)CC(C(=O)O)N1C(=O)C(CCC=N)C(=O)OC(C)(C)C. The maximum Gasteiger partial charge on any atom is 0.407 e. The van der Waals surface area contributed by atoms with Gasteiger partial charge in [-0.1, -0.05) is 6.08 Å². The van der Waals surface area contributed by atoms with Gasteiger partial charge in [0.2, 0.25) is 5.91 Å². The number of esters is 1. The van der Waals surface area contributed by atoms with Crippen LogP contribution in [0, 0.1) is 11.3 Å². The van der Waals surface area contributed by atoms with Crippen molar-refractivity contribution in [3.8, 4) is 0 Å². The summed E-state index contributed by atoms with van der Waals surface area (Å²) in [5, 5.41) is 26.1. The molecular weight excluding hydrogens is 382 g/mol. The molecule has 0 bridgehead atoms. The van der Waals surface area contributed by atoms with Gasteiger partial charge >= 0.3 is 18.0 Å². The van der Waals surface area contributed by atoms with Gasteiger partial charge < -0.3 is 30.2 Å². The smallest absolute Gasteiger partial charge is 0.407 e. The van der Waals surface area contributed by atoms with E-state index in [1.807, 2.05) is 0 Å². The van der Waals surface area contributed by atoms with Crippen molar-refractivity contribution in [3.05, 3.63) is 12.7 Å². The lowest BCUT2D eigenvalue weighted by molar-refractivity contribution is -0.171. The van der Waals surface area contributed by atoms with Crippen LogP contribution in [0.3, 0.4) is 0 Å². The van der Waals surface area contributed by atoms with Crippen LogP contribution in [0.1, 0.15) is 40.0 Å². The second-order valence-corrected chi connectivity index (χ2v) is 7.83. The first-order chi connectivity index (χ1) is 13.4. The maximum atomic E-state index is 13.3. The highest BCUT2D eigenvalue weighted by Crippen LogP contribution is 2.25. The number of carboxylic acid groups (broad SMARTS) is 2. The number of carboxylic acids is 1. The summed E-state index contributed by atoms with van der Waals surface area (Å²) in [5.41, 5.74) is -0.852. The molecule has 29 heavy (non-hydrogen) atoms. The van der Waals surface area contributed by atoms with E-state index in [1.54, 1.807) is 20.8 Å². The van der Waals surface area contributed by atoms with Crippen molar-refractivity contribution in [1.29, 1.82) is 5.41 Å². The summed E-state index contributed by atoms with van der Waals surface area (Å²) in [6, 6.07) is -2.22. The molecule has 1 aliphatic rings. The number of carbonyl (C=O) groups excluding carboxylic acids is 2. The van der Waals surface area contributed by atoms with E-state index in [4.69, 9.17) is 10.1 Å². The summed E-state index contributed by atoms with van der Waals surface area (Å²) < 4.78 is 5.33. The molecule has 1 saturated heterocycles. The fraction of sp³-hybridized carbons (Fsp3) is 0.632. The second-order valence-electron chi connectivity index (χ2n) is 7.83. The van der Waals surface area contributed by atoms with Gasteiger partial charge in [0.15, 0.2) is 0 Å². The number of amides is 2. The highest BCUT2D eigenvalue weighted by atomic mass is 16.6. The van der Waals surface area contributed by atoms with E-state index in [0.717, 1.165) is 16.0 Å². The predicted octanol–water partition coefficient (Wildman–Crippen LogP) is 1.59. The molecular formula is C19H29N3O7. The Hall–Kier alpha value is -2.91. The number of aliphatic carboxylic acids is 1. The molecule has 0 aliphatic carbocycles. The molecule has 1 heterocycles. The Balaban J connectivity index is 3.30. The van der Waals surface area contributed by atoms with E-state index in [-0.39, 0.29) is 25.8 Å². The molecule has 0 spiro atoms. The first-order valence-electron chi connectivity index (χ1n) is 9.28. The Labute approximate surface area is 169 Å². The summed E-state index contributed by atoms with van der Waals surface area (Å²) >= 11 is 0. The number of nitrogens with zero attached hydrogens (tertiary/aromatic N) is 2. The van der Waals surface area contributed by atoms with Gasteiger partial charge in [-0.05, 0) is 46.2 Å². The van der Waals surface area contributed by atoms with Crippen molar-refractivity contribution in [2.75, 3.05) is 13.1 Å². The van der Waals surface area contributed by atoms with Gasteiger partial charge in [-0.25, -0.2) is 9.59 Å². The molecule has 0 radical (unpaired) electrons. The van der Waals surface area contributed by atoms with E-state index < -0.39 is 54.1 Å². The zero-order valence-corrected chi connectivity index (χ0v) is 17.0. The Kier molecular flexibility index (Phi) is 8.35. The third-order valence-corrected chi connectivity index (χ3v) is 4.39. The standard InChI is InChI=1S/C19H29N3O7/c1-5-7-12-10-21(18(27)28)11-14(16(24)25)22(12)15(23)13(8-6-9-20)17(26)29-19(2,3)4/h5,9,12-14,20H,1,6-8,10-11H2,2-4H3,(H,24,25)(H,27,28). The molecule has 10 heteroatoms. The summed E-state index contributed by atoms with van der Waals surface area (Å²) in [6.45, 7) is 8.04. The van der Waals surface area contributed by atoms with Crippen LogP contribution in [0.15, 0.2) is 12.7 Å². The van der Waals surface area contributed by atoms with Crippen molar-refractivity contribution < 1.29 is 34.1 Å². The minimum Gasteiger partial charge on any atom is -0.480 e. The fourth-order valence-corrected chi connectivity index (χ4v) is 3.18. The minimum atomic E-state index is -1.44. The average Bonchev–Trinajstić information content (AvgIpc) is 2.59. The van der Waals surface area contributed by atoms with Crippen LogP contribution >= 0.6 is 0 Å². The molecule has 1 aliphatic heterocycles. The Morgan fingerprint density at radius 3 is 2.31 bits per heavy atom. The minimum absolute atomic E-state index is 0.0104. The number of rotatable bonds is 8. The van der Waals surface area contributed by atoms with Crippen LogP contribution in [0.25, 0.3) is 0 Å². The van der Waals surface area contributed by atoms with Gasteiger partial charge in [0.25, 0.3) is 0 Å². The summed E-state index contributed by atoms with van der Waals surface area (Å²) in [5.74, 6) is -4.20. The molecule has 2 amide bonds. The van der Waals surface area contributed by atoms with Gasteiger partial charge in [-0.15, -0.1) is 6.58 Å². The Morgan fingerprint density at radius 1 is 1.24 bits per heavy atom. The van der Waals surface area contributed by atoms with Gasteiger partial charge in [0.05, 0.1) is 12.6 Å². The van der Waals surface area contributed by atoms with Crippen LogP contribution in [-0.2, 0) is 19.1 Å². The molecule has 0 saturated carbocycles. The van der Waals surface area contributed by atoms with Crippen LogP contribution in [0.2, 0.25) is 0 Å². The number of hydrogen-bond acceptors (Lipinski definition) is 6. The lowest BCUT2D eigenvalue weighted by Gasteiger charge is -2.45. The summed E-state index contributed by atoms with van der Waals surface area (Å²) in [7, 11) is 0. The number of piperazine rings is 1. The number of hydrogen-bond donors (Lipinski definition) is 3. The average molecular weight is 411 g/mol. The summed E-state index contributed by atoms with van der Waals surface area (Å²) in [6.07, 6.45) is 1.52. The van der Waals surface area contributed by atoms with Gasteiger partial charge in [0, 0.05) is 6.54 Å². The van der Waals surface area contributed by atoms with E-state index in [0.29, 0.717) is 0 Å². The Bertz CT molecular complexity index is 671. The van der Waals surface area contributed by atoms with E-state index in [2.05, 4.69) is 6.58 Å². The van der Waals surface area contributed by atoms with Crippen molar-refractivity contribution in [2.24, 2.45) is 5.92 Å². The van der Waals surface area contributed by atoms with Gasteiger partial charge in [0.1, 0.15) is 17.6 Å². The molecule has 0 aromatic heterocycles. The molecule has 1 fully saturated rings. The third-order valence-electron chi connectivity index (χ3n) is 4.39. The van der Waals surface area contributed by atoms with Gasteiger partial charge in [-0.2, -0.15) is 0 Å². The number of nitrogens with one attached hydrogen (secondary N) is 1. The zero-order chi connectivity index (χ0) is 22.4. The fourth-order valence-electron chi connectivity index (χ4n) is 3.18. The molecule has 3 N–H and O–H groups in total. The third kappa shape index (κ3) is 6.58. The van der Waals surface area contributed by atoms with Crippen molar-refractivity contribution in [3.63, 3.8) is 0 Å². The number of carbonyl (C=O) groups is 4. The van der Waals surface area contributed by atoms with Crippen LogP contribution < -0.4 is 0 Å². The summed E-state index contributed by atoms with van der Waals surface area (Å²) in [4.78, 5) is 51.2.